The van der Waals surface area contributed by atoms with E-state index in [1.807, 2.05) is 13.8 Å². The van der Waals surface area contributed by atoms with Crippen LogP contribution in [0.1, 0.15) is 46.0 Å². The molecule has 0 aromatic carbocycles. The third-order valence-corrected chi connectivity index (χ3v) is 3.60. The lowest BCUT2D eigenvalue weighted by atomic mass is 9.74. The Balaban J connectivity index is 1.98. The second-order valence-electron chi connectivity index (χ2n) is 5.42. The molecule has 2 fully saturated rings. The zero-order valence-corrected chi connectivity index (χ0v) is 8.84. The number of likely N-dealkylation sites (tertiary alicyclic amines) is 1. The molecule has 1 saturated heterocycles. The maximum absolute atomic E-state index is 9.79. The van der Waals surface area contributed by atoms with Crippen LogP contribution in [0.3, 0.4) is 0 Å². The van der Waals surface area contributed by atoms with Gasteiger partial charge in [-0.1, -0.05) is 0 Å². The summed E-state index contributed by atoms with van der Waals surface area (Å²) in [5, 5.41) is 9.79. The molecule has 0 bridgehead atoms. The first-order chi connectivity index (χ1) is 6.02. The van der Waals surface area contributed by atoms with E-state index in [0.717, 1.165) is 6.54 Å². The van der Waals surface area contributed by atoms with Crippen LogP contribution in [0.15, 0.2) is 0 Å². The number of rotatable bonds is 2. The fourth-order valence-electron chi connectivity index (χ4n) is 2.86. The molecule has 1 aliphatic heterocycles. The molecule has 0 atom stereocenters. The monoisotopic (exact) mass is 183 g/mol. The Bertz CT molecular complexity index is 191. The van der Waals surface area contributed by atoms with E-state index in [9.17, 15) is 5.11 Å². The Labute approximate surface area is 80.9 Å². The van der Waals surface area contributed by atoms with Crippen LogP contribution >= 0.6 is 0 Å². The van der Waals surface area contributed by atoms with Crippen molar-refractivity contribution in [3.8, 4) is 0 Å². The van der Waals surface area contributed by atoms with Crippen LogP contribution in [0.2, 0.25) is 0 Å². The van der Waals surface area contributed by atoms with E-state index in [2.05, 4.69) is 4.90 Å². The first-order valence-electron chi connectivity index (χ1n) is 5.49. The number of nitrogens with zero attached hydrogens (tertiary/aromatic N) is 1. The van der Waals surface area contributed by atoms with Crippen molar-refractivity contribution >= 4 is 0 Å². The molecule has 2 heteroatoms. The molecule has 1 N–H and O–H groups in total. The van der Waals surface area contributed by atoms with Crippen LogP contribution in [0, 0.1) is 0 Å². The van der Waals surface area contributed by atoms with Crippen molar-refractivity contribution < 1.29 is 5.11 Å². The minimum atomic E-state index is -0.521. The minimum Gasteiger partial charge on any atom is -0.389 e. The van der Waals surface area contributed by atoms with Gasteiger partial charge in [-0.2, -0.15) is 0 Å². The average Bonchev–Trinajstić information content (AvgIpc) is 2.25. The van der Waals surface area contributed by atoms with Gasteiger partial charge in [0.15, 0.2) is 0 Å². The van der Waals surface area contributed by atoms with Crippen LogP contribution in [0.5, 0.6) is 0 Å². The molecule has 1 spiro atoms. The van der Waals surface area contributed by atoms with Crippen molar-refractivity contribution in [2.24, 2.45) is 0 Å². The summed E-state index contributed by atoms with van der Waals surface area (Å²) in [6.45, 7) is 5.88. The molecule has 0 aromatic rings. The third-order valence-electron chi connectivity index (χ3n) is 3.60. The van der Waals surface area contributed by atoms with Crippen molar-refractivity contribution in [3.05, 3.63) is 0 Å². The lowest BCUT2D eigenvalue weighted by Crippen LogP contribution is -2.53. The van der Waals surface area contributed by atoms with Gasteiger partial charge in [0.1, 0.15) is 0 Å². The molecule has 0 aromatic heterocycles. The van der Waals surface area contributed by atoms with Crippen LogP contribution in [0.25, 0.3) is 0 Å². The molecule has 2 nitrogen and oxygen atoms in total. The Morgan fingerprint density at radius 2 is 1.85 bits per heavy atom. The standard InChI is InChI=1S/C11H21NO/c1-10(2,13)9-12-8-4-7-11(12)5-3-6-11/h13H,3-9H2,1-2H3. The molecular weight excluding hydrogens is 162 g/mol. The average molecular weight is 183 g/mol. The highest BCUT2D eigenvalue weighted by molar-refractivity contribution is 5.02. The minimum absolute atomic E-state index is 0.514. The van der Waals surface area contributed by atoms with E-state index in [0.29, 0.717) is 5.54 Å². The third kappa shape index (κ3) is 1.75. The molecule has 2 aliphatic rings. The summed E-state index contributed by atoms with van der Waals surface area (Å²) in [4.78, 5) is 2.52. The highest BCUT2D eigenvalue weighted by atomic mass is 16.3. The molecule has 0 unspecified atom stereocenters. The van der Waals surface area contributed by atoms with Crippen molar-refractivity contribution in [1.29, 1.82) is 0 Å². The summed E-state index contributed by atoms with van der Waals surface area (Å²) in [6, 6.07) is 0. The van der Waals surface area contributed by atoms with Crippen molar-refractivity contribution in [2.45, 2.75) is 57.1 Å². The van der Waals surface area contributed by atoms with Gasteiger partial charge in [-0.3, -0.25) is 4.90 Å². The number of hydrogen-bond donors (Lipinski definition) is 1. The molecule has 13 heavy (non-hydrogen) atoms. The Kier molecular flexibility index (Phi) is 2.16. The lowest BCUT2D eigenvalue weighted by Gasteiger charge is -2.47. The fraction of sp³-hybridized carbons (Fsp3) is 1.00. The van der Waals surface area contributed by atoms with E-state index >= 15 is 0 Å². The Hall–Kier alpha value is -0.0800. The van der Waals surface area contributed by atoms with Crippen molar-refractivity contribution in [3.63, 3.8) is 0 Å². The zero-order chi connectivity index (χ0) is 9.53. The van der Waals surface area contributed by atoms with Gasteiger partial charge >= 0.3 is 0 Å². The number of aliphatic hydroxyl groups is 1. The summed E-state index contributed by atoms with van der Waals surface area (Å²) in [5.41, 5.74) is -0.00701. The van der Waals surface area contributed by atoms with E-state index in [1.165, 1.54) is 38.6 Å². The fourth-order valence-corrected chi connectivity index (χ4v) is 2.86. The SMILES string of the molecule is CC(C)(O)CN1CCCC12CCC2. The molecule has 0 amide bonds. The smallest absolute Gasteiger partial charge is 0.0718 e. The van der Waals surface area contributed by atoms with Gasteiger partial charge < -0.3 is 5.11 Å². The predicted molar refractivity (Wildman–Crippen MR) is 53.7 cm³/mol. The van der Waals surface area contributed by atoms with Crippen molar-refractivity contribution in [1.82, 2.24) is 4.90 Å². The molecular formula is C11H21NO. The maximum Gasteiger partial charge on any atom is 0.0718 e. The normalized spacial score (nSPS) is 27.9. The van der Waals surface area contributed by atoms with Gasteiger partial charge in [0, 0.05) is 12.1 Å². The van der Waals surface area contributed by atoms with Gasteiger partial charge in [-0.15, -0.1) is 0 Å². The highest BCUT2D eigenvalue weighted by Gasteiger charge is 2.46. The van der Waals surface area contributed by atoms with E-state index in [-0.39, 0.29) is 0 Å². The van der Waals surface area contributed by atoms with Gasteiger partial charge in [-0.05, 0) is 52.5 Å². The predicted octanol–water partition coefficient (Wildman–Crippen LogP) is 1.78. The van der Waals surface area contributed by atoms with Crippen LogP contribution in [0.4, 0.5) is 0 Å². The molecule has 1 aliphatic carbocycles. The molecule has 2 rings (SSSR count). The number of hydrogen-bond acceptors (Lipinski definition) is 2. The van der Waals surface area contributed by atoms with Crippen LogP contribution in [-0.2, 0) is 0 Å². The van der Waals surface area contributed by atoms with Gasteiger partial charge in [0.05, 0.1) is 5.60 Å². The quantitative estimate of drug-likeness (QED) is 0.705. The number of β-amino-alcohol motifs (C(OH)–C–C–N with tert-alkyl or cyclic N) is 1. The largest absolute Gasteiger partial charge is 0.389 e. The van der Waals surface area contributed by atoms with E-state index in [1.54, 1.807) is 0 Å². The summed E-state index contributed by atoms with van der Waals surface area (Å²) < 4.78 is 0. The van der Waals surface area contributed by atoms with E-state index in [4.69, 9.17) is 0 Å². The Morgan fingerprint density at radius 1 is 1.23 bits per heavy atom. The molecule has 1 saturated carbocycles. The van der Waals surface area contributed by atoms with Gasteiger partial charge in [0.25, 0.3) is 0 Å². The highest BCUT2D eigenvalue weighted by Crippen LogP contribution is 2.45. The second-order valence-corrected chi connectivity index (χ2v) is 5.42. The van der Waals surface area contributed by atoms with Gasteiger partial charge in [-0.25, -0.2) is 0 Å². The maximum atomic E-state index is 9.79. The van der Waals surface area contributed by atoms with Crippen LogP contribution < -0.4 is 0 Å². The van der Waals surface area contributed by atoms with E-state index < -0.39 is 5.60 Å². The lowest BCUT2D eigenvalue weighted by molar-refractivity contribution is -0.0212. The summed E-state index contributed by atoms with van der Waals surface area (Å²) in [6.07, 6.45) is 6.81. The topological polar surface area (TPSA) is 23.5 Å². The second kappa shape index (κ2) is 2.96. The van der Waals surface area contributed by atoms with Gasteiger partial charge in [0.2, 0.25) is 0 Å². The molecule has 1 heterocycles. The van der Waals surface area contributed by atoms with Crippen LogP contribution in [-0.4, -0.2) is 34.2 Å². The first-order valence-corrected chi connectivity index (χ1v) is 5.49. The molecule has 0 radical (unpaired) electrons. The van der Waals surface area contributed by atoms with Crippen molar-refractivity contribution in [2.75, 3.05) is 13.1 Å². The summed E-state index contributed by atoms with van der Waals surface area (Å²) >= 11 is 0. The summed E-state index contributed by atoms with van der Waals surface area (Å²) in [7, 11) is 0. The summed E-state index contributed by atoms with van der Waals surface area (Å²) in [5.74, 6) is 0. The molecule has 76 valence electrons. The Morgan fingerprint density at radius 3 is 2.31 bits per heavy atom. The first kappa shape index (κ1) is 9.47. The zero-order valence-electron chi connectivity index (χ0n) is 8.84.